The van der Waals surface area contributed by atoms with E-state index in [0.717, 1.165) is 0 Å². The van der Waals surface area contributed by atoms with Gasteiger partial charge in [-0.3, -0.25) is 0 Å². The molecular formula is C36H28. The average Bonchev–Trinajstić information content (AvgIpc) is 3.21. The van der Waals surface area contributed by atoms with Crippen LogP contribution in [0.4, 0.5) is 0 Å². The van der Waals surface area contributed by atoms with Crippen LogP contribution in [0.15, 0.2) is 97.1 Å². The fourth-order valence-electron chi connectivity index (χ4n) is 6.30. The lowest BCUT2D eigenvalue weighted by atomic mass is 9.82. The van der Waals surface area contributed by atoms with E-state index >= 15 is 0 Å². The molecule has 0 aliphatic heterocycles. The zero-order chi connectivity index (χ0) is 24.6. The lowest BCUT2D eigenvalue weighted by Crippen LogP contribution is -1.93. The second-order valence-corrected chi connectivity index (χ2v) is 10.4. The molecule has 0 heterocycles. The molecule has 6 aromatic carbocycles. The fourth-order valence-corrected chi connectivity index (χ4v) is 6.30. The van der Waals surface area contributed by atoms with E-state index in [-0.39, 0.29) is 0 Å². The highest BCUT2D eigenvalue weighted by atomic mass is 14.3. The molecule has 0 N–H and O–H groups in total. The maximum Gasteiger partial charge on any atom is -0.000741 e. The smallest absolute Gasteiger partial charge is 0.000741 e. The van der Waals surface area contributed by atoms with Gasteiger partial charge in [0.1, 0.15) is 0 Å². The molecule has 0 saturated carbocycles. The Labute approximate surface area is 212 Å². The summed E-state index contributed by atoms with van der Waals surface area (Å²) < 4.78 is 0. The van der Waals surface area contributed by atoms with E-state index in [0.29, 0.717) is 0 Å². The van der Waals surface area contributed by atoms with Crippen molar-refractivity contribution in [2.45, 2.75) is 27.7 Å². The summed E-state index contributed by atoms with van der Waals surface area (Å²) in [5, 5.41) is 5.43. The molecule has 0 spiro atoms. The highest BCUT2D eigenvalue weighted by Crippen LogP contribution is 2.58. The molecule has 0 amide bonds. The predicted molar refractivity (Wildman–Crippen MR) is 156 cm³/mol. The van der Waals surface area contributed by atoms with Gasteiger partial charge in [0.2, 0.25) is 0 Å². The van der Waals surface area contributed by atoms with Gasteiger partial charge in [0.15, 0.2) is 0 Å². The molecule has 6 aromatic rings. The van der Waals surface area contributed by atoms with Gasteiger partial charge in [-0.2, -0.15) is 0 Å². The van der Waals surface area contributed by atoms with Crippen molar-refractivity contribution >= 4 is 21.5 Å². The van der Waals surface area contributed by atoms with Crippen molar-refractivity contribution in [3.8, 4) is 44.5 Å². The van der Waals surface area contributed by atoms with Gasteiger partial charge in [0, 0.05) is 0 Å². The molecule has 0 unspecified atom stereocenters. The number of aryl methyl sites for hydroxylation is 4. The maximum atomic E-state index is 2.36. The Morgan fingerprint density at radius 1 is 0.361 bits per heavy atom. The second-order valence-electron chi connectivity index (χ2n) is 10.4. The van der Waals surface area contributed by atoms with E-state index in [1.807, 2.05) is 0 Å². The van der Waals surface area contributed by atoms with Crippen LogP contribution in [-0.4, -0.2) is 0 Å². The standard InChI is InChI=1S/C36H28/c1-21-9-15-25(16-10-21)32-27-7-5-6-8-28(27)33(26-17-11-22(2)12-18-26)36-30-20-14-24(4)31-23(3)13-19-29(34(30)31)35(32)36/h5-20H,1-4H3. The molecule has 0 heteroatoms. The first-order valence-electron chi connectivity index (χ1n) is 12.8. The summed E-state index contributed by atoms with van der Waals surface area (Å²) in [5.74, 6) is 0. The highest BCUT2D eigenvalue weighted by molar-refractivity contribution is 6.28. The minimum atomic E-state index is 1.28. The third-order valence-corrected chi connectivity index (χ3v) is 8.01. The SMILES string of the molecule is Cc1ccc(-c2c3c(c(-c4ccc(C)cc4)c4ccccc24)-c2ccc(C)c4c(C)ccc-3c24)cc1. The van der Waals surface area contributed by atoms with Crippen LogP contribution in [0.25, 0.3) is 66.1 Å². The van der Waals surface area contributed by atoms with Crippen LogP contribution in [0.1, 0.15) is 22.3 Å². The number of hydrogen-bond acceptors (Lipinski definition) is 0. The molecule has 1 aliphatic carbocycles. The largest absolute Gasteiger partial charge is 0.0616 e. The van der Waals surface area contributed by atoms with E-state index < -0.39 is 0 Å². The molecule has 0 atom stereocenters. The van der Waals surface area contributed by atoms with Gasteiger partial charge < -0.3 is 0 Å². The summed E-state index contributed by atoms with van der Waals surface area (Å²) in [6, 6.07) is 36.4. The van der Waals surface area contributed by atoms with Gasteiger partial charge in [0.25, 0.3) is 0 Å². The van der Waals surface area contributed by atoms with Crippen molar-refractivity contribution in [1.29, 1.82) is 0 Å². The van der Waals surface area contributed by atoms with Crippen molar-refractivity contribution in [3.63, 3.8) is 0 Å². The lowest BCUT2D eigenvalue weighted by Gasteiger charge is -2.20. The minimum Gasteiger partial charge on any atom is -0.0616 e. The quantitative estimate of drug-likeness (QED) is 0.241. The van der Waals surface area contributed by atoms with Gasteiger partial charge >= 0.3 is 0 Å². The fraction of sp³-hybridized carbons (Fsp3) is 0.111. The molecule has 0 bridgehead atoms. The molecule has 7 rings (SSSR count). The molecule has 0 radical (unpaired) electrons. The zero-order valence-electron chi connectivity index (χ0n) is 21.2. The van der Waals surface area contributed by atoms with Crippen LogP contribution in [0.5, 0.6) is 0 Å². The molecule has 36 heavy (non-hydrogen) atoms. The van der Waals surface area contributed by atoms with Crippen LogP contribution in [0, 0.1) is 27.7 Å². The number of benzene rings is 6. The summed E-state index contributed by atoms with van der Waals surface area (Å²) >= 11 is 0. The molecule has 0 saturated heterocycles. The second kappa shape index (κ2) is 7.67. The van der Waals surface area contributed by atoms with Crippen LogP contribution < -0.4 is 0 Å². The molecular weight excluding hydrogens is 432 g/mol. The first-order chi connectivity index (χ1) is 17.5. The summed E-state index contributed by atoms with van der Waals surface area (Å²) in [6.07, 6.45) is 0. The minimum absolute atomic E-state index is 1.28. The molecule has 172 valence electrons. The van der Waals surface area contributed by atoms with Crippen LogP contribution in [-0.2, 0) is 0 Å². The Balaban J connectivity index is 1.75. The molecule has 0 aromatic heterocycles. The van der Waals surface area contributed by atoms with Gasteiger partial charge in [-0.15, -0.1) is 0 Å². The zero-order valence-corrected chi connectivity index (χ0v) is 21.2. The Kier molecular flexibility index (Phi) is 4.51. The summed E-state index contributed by atoms with van der Waals surface area (Å²) in [4.78, 5) is 0. The third kappa shape index (κ3) is 2.88. The van der Waals surface area contributed by atoms with Gasteiger partial charge in [-0.25, -0.2) is 0 Å². The van der Waals surface area contributed by atoms with Crippen molar-refractivity contribution in [3.05, 3.63) is 119 Å². The Bertz CT molecular complexity index is 1700. The summed E-state index contributed by atoms with van der Waals surface area (Å²) in [5.41, 5.74) is 16.0. The summed E-state index contributed by atoms with van der Waals surface area (Å²) in [6.45, 7) is 8.82. The Morgan fingerprint density at radius 2 is 0.778 bits per heavy atom. The van der Waals surface area contributed by atoms with Crippen molar-refractivity contribution in [2.75, 3.05) is 0 Å². The third-order valence-electron chi connectivity index (χ3n) is 8.01. The van der Waals surface area contributed by atoms with Crippen LogP contribution >= 0.6 is 0 Å². The van der Waals surface area contributed by atoms with Gasteiger partial charge in [0.05, 0.1) is 0 Å². The van der Waals surface area contributed by atoms with Gasteiger partial charge in [-0.1, -0.05) is 108 Å². The molecule has 0 fully saturated rings. The van der Waals surface area contributed by atoms with Gasteiger partial charge in [-0.05, 0) is 105 Å². The van der Waals surface area contributed by atoms with Crippen LogP contribution in [0.3, 0.4) is 0 Å². The molecule has 0 nitrogen and oxygen atoms in total. The normalized spacial score (nSPS) is 11.9. The number of fused-ring (bicyclic) bond motifs is 4. The van der Waals surface area contributed by atoms with E-state index in [9.17, 15) is 0 Å². The highest BCUT2D eigenvalue weighted by Gasteiger charge is 2.31. The average molecular weight is 461 g/mol. The van der Waals surface area contributed by atoms with Crippen molar-refractivity contribution in [2.24, 2.45) is 0 Å². The van der Waals surface area contributed by atoms with E-state index in [1.54, 1.807) is 0 Å². The van der Waals surface area contributed by atoms with Crippen LogP contribution in [0.2, 0.25) is 0 Å². The lowest BCUT2D eigenvalue weighted by molar-refractivity contribution is 1.47. The number of hydrogen-bond donors (Lipinski definition) is 0. The predicted octanol–water partition coefficient (Wildman–Crippen LogP) is 10.2. The Hall–Kier alpha value is -4.16. The molecule has 1 aliphatic rings. The number of rotatable bonds is 2. The van der Waals surface area contributed by atoms with E-state index in [2.05, 4.69) is 125 Å². The topological polar surface area (TPSA) is 0 Å². The van der Waals surface area contributed by atoms with Crippen molar-refractivity contribution in [1.82, 2.24) is 0 Å². The van der Waals surface area contributed by atoms with Crippen molar-refractivity contribution < 1.29 is 0 Å². The van der Waals surface area contributed by atoms with E-state index in [4.69, 9.17) is 0 Å². The first-order valence-corrected chi connectivity index (χ1v) is 12.8. The summed E-state index contributed by atoms with van der Waals surface area (Å²) in [7, 11) is 0. The van der Waals surface area contributed by atoms with E-state index in [1.165, 1.54) is 88.3 Å². The Morgan fingerprint density at radius 3 is 1.19 bits per heavy atom. The maximum absolute atomic E-state index is 2.36. The monoisotopic (exact) mass is 460 g/mol. The first kappa shape index (κ1) is 21.1.